The van der Waals surface area contributed by atoms with E-state index in [1.807, 2.05) is 18.3 Å². The summed E-state index contributed by atoms with van der Waals surface area (Å²) in [6.45, 7) is 8.75. The van der Waals surface area contributed by atoms with E-state index in [2.05, 4.69) is 218 Å². The van der Waals surface area contributed by atoms with Gasteiger partial charge in [0.05, 0.1) is 27.8 Å². The topological polar surface area (TPSA) is 35.6 Å². The third-order valence-electron chi connectivity index (χ3n) is 13.9. The number of fused-ring (bicyclic) bond motifs is 15. The number of hydrogen-bond acceptors (Lipinski definition) is 2. The molecule has 0 saturated heterocycles. The van der Waals surface area contributed by atoms with E-state index in [4.69, 9.17) is 9.97 Å². The molecule has 12 aromatic rings. The van der Waals surface area contributed by atoms with Gasteiger partial charge in [-0.15, -0.1) is 0 Å². The van der Waals surface area contributed by atoms with Crippen LogP contribution >= 0.6 is 0 Å². The van der Waals surface area contributed by atoms with Gasteiger partial charge in [0.2, 0.25) is 5.95 Å². The lowest BCUT2D eigenvalue weighted by molar-refractivity contribution is 0.660. The predicted octanol–water partition coefficient (Wildman–Crippen LogP) is 15.8. The lowest BCUT2D eigenvalue weighted by Crippen LogP contribution is -2.15. The standard InChI is InChI=1S/C61H42N4/c1-4-5-18-41-36-49-43-23-9-10-25-46(43)59-57(55(49)56-47-26-12-15-29-53(47)64(58(41)56)42-22-17-21-39(35-42)38-19-7-6-8-20-38)48-27-13-16-30-54(48)65(59)60-62-34-33-52(63-60)40-31-32-45-44-24-11-14-28-50(44)61(2,3)51(45)37-40/h4-37H,1H2,2-3H3/b18-5-. The van der Waals surface area contributed by atoms with Crippen molar-refractivity contribution in [2.24, 2.45) is 0 Å². The van der Waals surface area contributed by atoms with Crippen LogP contribution in [0.15, 0.2) is 207 Å². The van der Waals surface area contributed by atoms with E-state index in [-0.39, 0.29) is 5.41 Å². The van der Waals surface area contributed by atoms with E-state index in [9.17, 15) is 0 Å². The summed E-state index contributed by atoms with van der Waals surface area (Å²) in [6.07, 6.45) is 8.05. The molecule has 1 aliphatic carbocycles. The molecule has 4 nitrogen and oxygen atoms in total. The third-order valence-corrected chi connectivity index (χ3v) is 13.9. The second kappa shape index (κ2) is 14.1. The second-order valence-electron chi connectivity index (χ2n) is 17.8. The van der Waals surface area contributed by atoms with Gasteiger partial charge in [0.25, 0.3) is 0 Å². The number of hydrogen-bond donors (Lipinski definition) is 0. The Hall–Kier alpha value is -8.34. The van der Waals surface area contributed by atoms with Crippen LogP contribution in [0.3, 0.4) is 0 Å². The van der Waals surface area contributed by atoms with Crippen LogP contribution in [0.4, 0.5) is 0 Å². The molecule has 306 valence electrons. The summed E-state index contributed by atoms with van der Waals surface area (Å²) >= 11 is 0. The van der Waals surface area contributed by atoms with Gasteiger partial charge in [-0.1, -0.05) is 178 Å². The molecule has 0 saturated carbocycles. The van der Waals surface area contributed by atoms with Crippen molar-refractivity contribution in [3.8, 4) is 45.1 Å². The molecular weight excluding hydrogens is 789 g/mol. The Balaban J connectivity index is 1.14. The highest BCUT2D eigenvalue weighted by molar-refractivity contribution is 6.40. The maximum Gasteiger partial charge on any atom is 0.235 e. The molecule has 0 bridgehead atoms. The Kier molecular flexibility index (Phi) is 8.07. The van der Waals surface area contributed by atoms with Gasteiger partial charge in [0.1, 0.15) is 0 Å². The highest BCUT2D eigenvalue weighted by Gasteiger charge is 2.35. The van der Waals surface area contributed by atoms with Crippen LogP contribution in [0.5, 0.6) is 0 Å². The molecule has 9 aromatic carbocycles. The number of para-hydroxylation sites is 2. The number of rotatable bonds is 6. The minimum atomic E-state index is -0.120. The molecule has 0 atom stereocenters. The molecule has 0 unspecified atom stereocenters. The lowest BCUT2D eigenvalue weighted by atomic mass is 9.82. The summed E-state index contributed by atoms with van der Waals surface area (Å²) in [5.74, 6) is 0.642. The van der Waals surface area contributed by atoms with E-state index in [1.54, 1.807) is 0 Å². The van der Waals surface area contributed by atoms with E-state index in [1.165, 1.54) is 65.7 Å². The summed E-state index contributed by atoms with van der Waals surface area (Å²) in [6, 6.07) is 66.2. The summed E-state index contributed by atoms with van der Waals surface area (Å²) < 4.78 is 4.77. The minimum absolute atomic E-state index is 0.120. The zero-order valence-electron chi connectivity index (χ0n) is 36.1. The summed E-state index contributed by atoms with van der Waals surface area (Å²) in [5, 5.41) is 9.48. The first-order valence-corrected chi connectivity index (χ1v) is 22.4. The molecular formula is C61H42N4. The molecule has 4 heteroatoms. The van der Waals surface area contributed by atoms with E-state index in [0.29, 0.717) is 5.95 Å². The van der Waals surface area contributed by atoms with Crippen molar-refractivity contribution < 1.29 is 0 Å². The normalized spacial score (nSPS) is 13.2. The van der Waals surface area contributed by atoms with Gasteiger partial charge in [0, 0.05) is 55.2 Å². The fourth-order valence-electron chi connectivity index (χ4n) is 11.1. The SMILES string of the molecule is C=C/C=C\c1cc2c3ccccc3c3c(c4ccccc4n3-c3nccc(-c4ccc5c(c4)C(C)(C)c4ccccc4-5)n3)c2c2c3ccccc3n(-c3cccc(-c4ccccc4)c3)c12. The first-order chi connectivity index (χ1) is 32.0. The highest BCUT2D eigenvalue weighted by atomic mass is 15.2. The Morgan fingerprint density at radius 3 is 1.95 bits per heavy atom. The van der Waals surface area contributed by atoms with Crippen LogP contribution in [0, 0.1) is 0 Å². The molecule has 3 aromatic heterocycles. The lowest BCUT2D eigenvalue weighted by Gasteiger charge is -2.21. The van der Waals surface area contributed by atoms with Gasteiger partial charge in [-0.3, -0.25) is 4.57 Å². The smallest absolute Gasteiger partial charge is 0.235 e. The quantitative estimate of drug-likeness (QED) is 0.124. The van der Waals surface area contributed by atoms with Crippen LogP contribution in [-0.4, -0.2) is 19.1 Å². The number of nitrogens with zero attached hydrogens (tertiary/aromatic N) is 4. The molecule has 1 aliphatic rings. The first-order valence-electron chi connectivity index (χ1n) is 22.4. The average molecular weight is 831 g/mol. The zero-order chi connectivity index (χ0) is 43.4. The number of benzene rings is 9. The van der Waals surface area contributed by atoms with Gasteiger partial charge in [-0.2, -0.15) is 0 Å². The van der Waals surface area contributed by atoms with Crippen LogP contribution in [0.1, 0.15) is 30.5 Å². The molecule has 0 fully saturated rings. The average Bonchev–Trinajstić information content (AvgIpc) is 3.97. The molecule has 0 radical (unpaired) electrons. The fourth-order valence-corrected chi connectivity index (χ4v) is 11.1. The van der Waals surface area contributed by atoms with Crippen LogP contribution < -0.4 is 0 Å². The van der Waals surface area contributed by atoms with Crippen LogP contribution in [-0.2, 0) is 5.41 Å². The van der Waals surface area contributed by atoms with Gasteiger partial charge in [-0.05, 0) is 92.2 Å². The largest absolute Gasteiger partial charge is 0.309 e. The minimum Gasteiger partial charge on any atom is -0.309 e. The predicted molar refractivity (Wildman–Crippen MR) is 273 cm³/mol. The van der Waals surface area contributed by atoms with Crippen LogP contribution in [0.25, 0.3) is 116 Å². The molecule has 0 aliphatic heterocycles. The Bertz CT molecular complexity index is 3990. The van der Waals surface area contributed by atoms with Gasteiger partial charge in [-0.25, -0.2) is 9.97 Å². The van der Waals surface area contributed by atoms with Crippen molar-refractivity contribution in [3.05, 3.63) is 224 Å². The van der Waals surface area contributed by atoms with Crippen LogP contribution in [0.2, 0.25) is 0 Å². The Labute approximate surface area is 376 Å². The Morgan fingerprint density at radius 1 is 0.492 bits per heavy atom. The molecule has 3 heterocycles. The van der Waals surface area contributed by atoms with Gasteiger partial charge < -0.3 is 4.57 Å². The third kappa shape index (κ3) is 5.38. The van der Waals surface area contributed by atoms with Gasteiger partial charge >= 0.3 is 0 Å². The summed E-state index contributed by atoms with van der Waals surface area (Å²) in [7, 11) is 0. The maximum atomic E-state index is 5.46. The van der Waals surface area contributed by atoms with E-state index < -0.39 is 0 Å². The Morgan fingerprint density at radius 2 is 1.15 bits per heavy atom. The number of aromatic nitrogens is 4. The molecule has 65 heavy (non-hydrogen) atoms. The molecule has 0 N–H and O–H groups in total. The fraction of sp³-hybridized carbons (Fsp3) is 0.0492. The van der Waals surface area contributed by atoms with Crippen molar-refractivity contribution in [3.63, 3.8) is 0 Å². The monoisotopic (exact) mass is 830 g/mol. The first kappa shape index (κ1) is 37.2. The van der Waals surface area contributed by atoms with E-state index >= 15 is 0 Å². The second-order valence-corrected chi connectivity index (χ2v) is 17.8. The molecule has 13 rings (SSSR count). The van der Waals surface area contributed by atoms with Crippen molar-refractivity contribution in [2.45, 2.75) is 19.3 Å². The summed E-state index contributed by atoms with van der Waals surface area (Å²) in [5.41, 5.74) is 16.2. The van der Waals surface area contributed by atoms with Crippen molar-refractivity contribution in [1.82, 2.24) is 19.1 Å². The zero-order valence-corrected chi connectivity index (χ0v) is 36.1. The summed E-state index contributed by atoms with van der Waals surface area (Å²) in [4.78, 5) is 10.6. The maximum absolute atomic E-state index is 5.46. The molecule has 0 amide bonds. The van der Waals surface area contributed by atoms with Crippen molar-refractivity contribution in [1.29, 1.82) is 0 Å². The highest BCUT2D eigenvalue weighted by Crippen LogP contribution is 2.51. The molecule has 0 spiro atoms. The van der Waals surface area contributed by atoms with Gasteiger partial charge in [0.15, 0.2) is 0 Å². The van der Waals surface area contributed by atoms with Crippen molar-refractivity contribution >= 4 is 71.2 Å². The van der Waals surface area contributed by atoms with Crippen molar-refractivity contribution in [2.75, 3.05) is 0 Å². The number of allylic oxidation sites excluding steroid dienone is 2. The van der Waals surface area contributed by atoms with E-state index in [0.717, 1.165) is 55.3 Å².